The molecule has 0 unspecified atom stereocenters. The lowest BCUT2D eigenvalue weighted by Gasteiger charge is -2.36. The lowest BCUT2D eigenvalue weighted by Crippen LogP contribution is -2.43. The molecule has 3 rings (SSSR count). The van der Waals surface area contributed by atoms with Crippen molar-refractivity contribution in [2.45, 2.75) is 38.3 Å². The number of nitrogens with zero attached hydrogens (tertiary/aromatic N) is 2. The second kappa shape index (κ2) is 6.33. The van der Waals surface area contributed by atoms with Crippen LogP contribution in [0.25, 0.3) is 0 Å². The van der Waals surface area contributed by atoms with Crippen LogP contribution in [0.4, 0.5) is 0 Å². The zero-order valence-electron chi connectivity index (χ0n) is 11.9. The summed E-state index contributed by atoms with van der Waals surface area (Å²) in [5, 5.41) is 10.2. The number of hydrogen-bond acceptors (Lipinski definition) is 3. The van der Waals surface area contributed by atoms with Crippen LogP contribution < -0.4 is 0 Å². The third-order valence-corrected chi connectivity index (χ3v) is 4.78. The minimum atomic E-state index is 0.263. The van der Waals surface area contributed by atoms with Gasteiger partial charge in [0.05, 0.1) is 0 Å². The van der Waals surface area contributed by atoms with Gasteiger partial charge in [0, 0.05) is 17.6 Å². The third-order valence-electron chi connectivity index (χ3n) is 4.56. The Hall–Kier alpha value is -0.770. The molecule has 0 radical (unpaired) electrons. The number of rotatable bonds is 3. The molecule has 0 bridgehead atoms. The van der Waals surface area contributed by atoms with Crippen molar-refractivity contribution in [3.05, 3.63) is 28.8 Å². The maximum absolute atomic E-state index is 9.60. The average Bonchev–Trinajstić information content (AvgIpc) is 2.92. The zero-order chi connectivity index (χ0) is 13.9. The van der Waals surface area contributed by atoms with E-state index < -0.39 is 0 Å². The molecule has 0 saturated carbocycles. The second-order valence-electron chi connectivity index (χ2n) is 6.07. The predicted octanol–water partition coefficient (Wildman–Crippen LogP) is 3.11. The molecule has 0 amide bonds. The van der Waals surface area contributed by atoms with Crippen molar-refractivity contribution < 1.29 is 5.11 Å². The highest BCUT2D eigenvalue weighted by molar-refractivity contribution is 6.30. The summed E-state index contributed by atoms with van der Waals surface area (Å²) < 4.78 is 0. The highest BCUT2D eigenvalue weighted by atomic mass is 35.5. The van der Waals surface area contributed by atoms with Gasteiger partial charge in [0.15, 0.2) is 0 Å². The SMILES string of the molecule is Oc1cc(Cl)cc(CN2CCC(N3CCCC3)CC2)c1. The Labute approximate surface area is 126 Å². The van der Waals surface area contributed by atoms with E-state index in [-0.39, 0.29) is 5.75 Å². The van der Waals surface area contributed by atoms with Gasteiger partial charge >= 0.3 is 0 Å². The number of aromatic hydroxyl groups is 1. The number of phenols is 1. The molecule has 3 nitrogen and oxygen atoms in total. The largest absolute Gasteiger partial charge is 0.508 e. The van der Waals surface area contributed by atoms with Gasteiger partial charge in [-0.05, 0) is 75.6 Å². The van der Waals surface area contributed by atoms with E-state index in [1.807, 2.05) is 12.1 Å². The third kappa shape index (κ3) is 3.46. The van der Waals surface area contributed by atoms with Crippen LogP contribution in [-0.2, 0) is 6.54 Å². The molecular weight excluding hydrogens is 272 g/mol. The van der Waals surface area contributed by atoms with E-state index in [0.717, 1.165) is 31.2 Å². The molecule has 0 aliphatic carbocycles. The molecule has 2 aliphatic rings. The highest BCUT2D eigenvalue weighted by Crippen LogP contribution is 2.24. The molecule has 2 fully saturated rings. The van der Waals surface area contributed by atoms with Crippen LogP contribution in [0.2, 0.25) is 5.02 Å². The van der Waals surface area contributed by atoms with Crippen LogP contribution in [-0.4, -0.2) is 47.1 Å². The van der Waals surface area contributed by atoms with Gasteiger partial charge in [-0.25, -0.2) is 0 Å². The molecule has 0 atom stereocenters. The van der Waals surface area contributed by atoms with Crippen LogP contribution in [0.15, 0.2) is 18.2 Å². The number of likely N-dealkylation sites (tertiary alicyclic amines) is 2. The number of benzene rings is 1. The fourth-order valence-corrected chi connectivity index (χ4v) is 3.78. The Kier molecular flexibility index (Phi) is 4.49. The van der Waals surface area contributed by atoms with Gasteiger partial charge in [-0.2, -0.15) is 0 Å². The normalized spacial score (nSPS) is 22.4. The summed E-state index contributed by atoms with van der Waals surface area (Å²) in [6.45, 7) is 5.78. The summed E-state index contributed by atoms with van der Waals surface area (Å²) in [6, 6.07) is 6.15. The van der Waals surface area contributed by atoms with E-state index in [9.17, 15) is 5.11 Å². The van der Waals surface area contributed by atoms with Gasteiger partial charge in [0.25, 0.3) is 0 Å². The molecule has 20 heavy (non-hydrogen) atoms. The Morgan fingerprint density at radius 3 is 2.40 bits per heavy atom. The summed E-state index contributed by atoms with van der Waals surface area (Å²) in [5.41, 5.74) is 1.11. The van der Waals surface area contributed by atoms with Crippen molar-refractivity contribution in [1.29, 1.82) is 0 Å². The van der Waals surface area contributed by atoms with Gasteiger partial charge in [-0.15, -0.1) is 0 Å². The van der Waals surface area contributed by atoms with E-state index in [1.165, 1.54) is 38.8 Å². The minimum absolute atomic E-state index is 0.263. The number of phenolic OH excluding ortho intramolecular Hbond substituents is 1. The van der Waals surface area contributed by atoms with Crippen LogP contribution in [0.3, 0.4) is 0 Å². The summed E-state index contributed by atoms with van der Waals surface area (Å²) in [5.74, 6) is 0.263. The first kappa shape index (κ1) is 14.2. The zero-order valence-corrected chi connectivity index (χ0v) is 12.6. The van der Waals surface area contributed by atoms with Crippen LogP contribution in [0, 0.1) is 0 Å². The molecule has 4 heteroatoms. The molecule has 2 heterocycles. The van der Waals surface area contributed by atoms with Crippen molar-refractivity contribution in [1.82, 2.24) is 9.80 Å². The molecule has 1 aromatic carbocycles. The van der Waals surface area contributed by atoms with Crippen molar-refractivity contribution in [3.8, 4) is 5.75 Å². The Balaban J connectivity index is 1.53. The average molecular weight is 295 g/mol. The van der Waals surface area contributed by atoms with Gasteiger partial charge in [0.2, 0.25) is 0 Å². The standard InChI is InChI=1S/C16H23ClN2O/c17-14-9-13(10-16(20)11-14)12-18-7-3-15(4-8-18)19-5-1-2-6-19/h9-11,15,20H,1-8,12H2. The Bertz CT molecular complexity index is 432. The van der Waals surface area contributed by atoms with Gasteiger partial charge in [0.1, 0.15) is 5.75 Å². The van der Waals surface area contributed by atoms with E-state index >= 15 is 0 Å². The van der Waals surface area contributed by atoms with Gasteiger partial charge < -0.3 is 10.0 Å². The van der Waals surface area contributed by atoms with Gasteiger partial charge in [-0.1, -0.05) is 11.6 Å². The lowest BCUT2D eigenvalue weighted by atomic mass is 10.0. The smallest absolute Gasteiger partial charge is 0.117 e. The summed E-state index contributed by atoms with van der Waals surface area (Å²) in [6.07, 6.45) is 5.29. The minimum Gasteiger partial charge on any atom is -0.508 e. The number of piperidine rings is 1. The first-order valence-corrected chi connectivity index (χ1v) is 8.03. The number of hydrogen-bond donors (Lipinski definition) is 1. The van der Waals surface area contributed by atoms with Crippen LogP contribution in [0.1, 0.15) is 31.2 Å². The number of halogens is 1. The predicted molar refractivity (Wildman–Crippen MR) is 82.2 cm³/mol. The summed E-state index contributed by atoms with van der Waals surface area (Å²) in [7, 11) is 0. The van der Waals surface area contributed by atoms with E-state index in [1.54, 1.807) is 6.07 Å². The first-order chi connectivity index (χ1) is 9.70. The van der Waals surface area contributed by atoms with Crippen molar-refractivity contribution >= 4 is 11.6 Å². The maximum atomic E-state index is 9.60. The Morgan fingerprint density at radius 2 is 1.75 bits per heavy atom. The quantitative estimate of drug-likeness (QED) is 0.928. The van der Waals surface area contributed by atoms with E-state index in [0.29, 0.717) is 5.02 Å². The molecular formula is C16H23ClN2O. The van der Waals surface area contributed by atoms with Crippen molar-refractivity contribution in [2.24, 2.45) is 0 Å². The fourth-order valence-electron chi connectivity index (χ4n) is 3.53. The maximum Gasteiger partial charge on any atom is 0.117 e. The Morgan fingerprint density at radius 1 is 1.05 bits per heavy atom. The molecule has 0 aromatic heterocycles. The van der Waals surface area contributed by atoms with E-state index in [4.69, 9.17) is 11.6 Å². The monoisotopic (exact) mass is 294 g/mol. The molecule has 2 aliphatic heterocycles. The van der Waals surface area contributed by atoms with Crippen LogP contribution >= 0.6 is 11.6 Å². The summed E-state index contributed by atoms with van der Waals surface area (Å²) >= 11 is 5.99. The fraction of sp³-hybridized carbons (Fsp3) is 0.625. The molecule has 1 N–H and O–H groups in total. The van der Waals surface area contributed by atoms with Crippen molar-refractivity contribution in [2.75, 3.05) is 26.2 Å². The molecule has 110 valence electrons. The van der Waals surface area contributed by atoms with Gasteiger partial charge in [-0.3, -0.25) is 4.90 Å². The molecule has 2 saturated heterocycles. The second-order valence-corrected chi connectivity index (χ2v) is 6.50. The molecule has 0 spiro atoms. The first-order valence-electron chi connectivity index (χ1n) is 7.65. The van der Waals surface area contributed by atoms with Crippen molar-refractivity contribution in [3.63, 3.8) is 0 Å². The lowest BCUT2D eigenvalue weighted by molar-refractivity contribution is 0.122. The van der Waals surface area contributed by atoms with E-state index in [2.05, 4.69) is 9.80 Å². The highest BCUT2D eigenvalue weighted by Gasteiger charge is 2.26. The topological polar surface area (TPSA) is 26.7 Å². The molecule has 1 aromatic rings. The summed E-state index contributed by atoms with van der Waals surface area (Å²) in [4.78, 5) is 5.14. The van der Waals surface area contributed by atoms with Crippen LogP contribution in [0.5, 0.6) is 5.75 Å².